The fourth-order valence-corrected chi connectivity index (χ4v) is 4.12. The molecule has 0 bridgehead atoms. The van der Waals surface area contributed by atoms with Crippen LogP contribution in [0.3, 0.4) is 0 Å². The number of aromatic nitrogens is 5. The molecule has 0 spiro atoms. The Kier molecular flexibility index (Phi) is 5.16. The molecule has 1 aromatic carbocycles. The lowest BCUT2D eigenvalue weighted by Crippen LogP contribution is -2.30. The van der Waals surface area contributed by atoms with Crippen LogP contribution in [0.5, 0.6) is 0 Å². The van der Waals surface area contributed by atoms with Gasteiger partial charge in [0.05, 0.1) is 10.9 Å². The van der Waals surface area contributed by atoms with Crippen LogP contribution in [0, 0.1) is 35.8 Å². The zero-order valence-corrected chi connectivity index (χ0v) is 19.0. The van der Waals surface area contributed by atoms with E-state index in [1.54, 1.807) is 17.9 Å². The van der Waals surface area contributed by atoms with Crippen molar-refractivity contribution < 1.29 is 22.0 Å². The predicted octanol–water partition coefficient (Wildman–Crippen LogP) is 5.28. The number of fused-ring (bicyclic) bond motifs is 4. The lowest BCUT2D eigenvalue weighted by Gasteiger charge is -2.31. The molecule has 35 heavy (non-hydrogen) atoms. The molecule has 11 heteroatoms. The van der Waals surface area contributed by atoms with Crippen LogP contribution in [0.1, 0.15) is 37.4 Å². The molecule has 0 N–H and O–H groups in total. The number of hydrogen-bond donors (Lipinski definition) is 0. The van der Waals surface area contributed by atoms with Crippen molar-refractivity contribution in [3.05, 3.63) is 53.1 Å². The fourth-order valence-electron chi connectivity index (χ4n) is 4.12. The second-order valence-corrected chi connectivity index (χ2v) is 8.86. The molecule has 6 nitrogen and oxygen atoms in total. The molecule has 1 aliphatic heterocycles. The molecule has 0 aliphatic carbocycles. The molecule has 0 radical (unpaired) electrons. The van der Waals surface area contributed by atoms with Gasteiger partial charge >= 0.3 is 6.18 Å². The number of pyridine rings is 1. The maximum absolute atomic E-state index is 15.2. The molecule has 0 fully saturated rings. The van der Waals surface area contributed by atoms with E-state index in [-0.39, 0.29) is 22.7 Å². The maximum atomic E-state index is 15.2. The van der Waals surface area contributed by atoms with Crippen LogP contribution in [0.2, 0.25) is 0 Å². The number of alkyl halides is 3. The van der Waals surface area contributed by atoms with E-state index in [4.69, 9.17) is 0 Å². The zero-order valence-electron chi connectivity index (χ0n) is 19.0. The second kappa shape index (κ2) is 7.86. The maximum Gasteiger partial charge on any atom is 0.404 e. The minimum absolute atomic E-state index is 0.0455. The Hall–Kier alpha value is -3.81. The van der Waals surface area contributed by atoms with Gasteiger partial charge in [0.1, 0.15) is 22.8 Å². The van der Waals surface area contributed by atoms with Crippen LogP contribution in [0.4, 0.5) is 33.5 Å². The number of halogens is 5. The first-order valence-corrected chi connectivity index (χ1v) is 10.8. The largest absolute Gasteiger partial charge is 0.404 e. The van der Waals surface area contributed by atoms with Crippen molar-refractivity contribution in [1.82, 2.24) is 24.6 Å². The first kappa shape index (κ1) is 23.0. The minimum atomic E-state index is -4.50. The number of aryl methyl sites for hydroxylation is 1. The fraction of sp³-hybridized carbons (Fsp3) is 0.333. The highest BCUT2D eigenvalue weighted by atomic mass is 19.4. The number of hydrogen-bond acceptors (Lipinski definition) is 5. The Labute approximate surface area is 196 Å². The van der Waals surface area contributed by atoms with Gasteiger partial charge in [0.25, 0.3) is 5.78 Å². The Balaban J connectivity index is 1.72. The summed E-state index contributed by atoms with van der Waals surface area (Å²) < 4.78 is 70.9. The second-order valence-electron chi connectivity index (χ2n) is 8.86. The van der Waals surface area contributed by atoms with Crippen LogP contribution in [-0.4, -0.2) is 37.3 Å². The first-order valence-electron chi connectivity index (χ1n) is 10.8. The summed E-state index contributed by atoms with van der Waals surface area (Å²) in [4.78, 5) is 10.4. The number of anilines is 2. The van der Waals surface area contributed by atoms with Gasteiger partial charge in [-0.1, -0.05) is 5.92 Å². The van der Waals surface area contributed by atoms with Gasteiger partial charge in [-0.3, -0.25) is 4.40 Å². The van der Waals surface area contributed by atoms with E-state index in [1.807, 2.05) is 0 Å². The molecule has 1 aliphatic rings. The third kappa shape index (κ3) is 3.64. The van der Waals surface area contributed by atoms with Gasteiger partial charge in [-0.2, -0.15) is 18.2 Å². The van der Waals surface area contributed by atoms with E-state index >= 15 is 4.39 Å². The van der Waals surface area contributed by atoms with Crippen LogP contribution in [0.25, 0.3) is 16.7 Å². The van der Waals surface area contributed by atoms with Gasteiger partial charge in [-0.05, 0) is 57.7 Å². The van der Waals surface area contributed by atoms with E-state index in [2.05, 4.69) is 32.0 Å². The van der Waals surface area contributed by atoms with Crippen molar-refractivity contribution in [1.29, 1.82) is 0 Å². The normalized spacial score (nSPS) is 14.2. The van der Waals surface area contributed by atoms with E-state index in [9.17, 15) is 17.6 Å². The van der Waals surface area contributed by atoms with Gasteiger partial charge in [0.15, 0.2) is 11.6 Å². The van der Waals surface area contributed by atoms with Crippen molar-refractivity contribution in [2.45, 2.75) is 39.8 Å². The molecule has 0 saturated carbocycles. The van der Waals surface area contributed by atoms with E-state index in [1.165, 1.54) is 16.7 Å². The van der Waals surface area contributed by atoms with E-state index in [0.717, 1.165) is 19.9 Å². The van der Waals surface area contributed by atoms with Crippen molar-refractivity contribution >= 4 is 28.2 Å². The van der Waals surface area contributed by atoms with Crippen molar-refractivity contribution in [3.8, 4) is 11.8 Å². The predicted molar refractivity (Wildman–Crippen MR) is 119 cm³/mol. The van der Waals surface area contributed by atoms with Crippen molar-refractivity contribution in [2.24, 2.45) is 5.41 Å². The first-order chi connectivity index (χ1) is 16.5. The summed E-state index contributed by atoms with van der Waals surface area (Å²) in [5.74, 6) is 3.60. The van der Waals surface area contributed by atoms with Gasteiger partial charge in [0.2, 0.25) is 0 Å². The topological polar surface area (TPSA) is 59.2 Å². The highest BCUT2D eigenvalue weighted by molar-refractivity contribution is 5.94. The summed E-state index contributed by atoms with van der Waals surface area (Å²) in [6.45, 7) is 4.10. The summed E-state index contributed by atoms with van der Waals surface area (Å²) in [5.41, 5.74) is -0.480. The molecule has 4 heterocycles. The van der Waals surface area contributed by atoms with Crippen molar-refractivity contribution in [2.75, 3.05) is 11.4 Å². The van der Waals surface area contributed by atoms with Crippen LogP contribution < -0.4 is 4.90 Å². The molecular formula is C24H19F5N6. The highest BCUT2D eigenvalue weighted by Crippen LogP contribution is 2.40. The number of benzene rings is 1. The molecule has 4 aromatic rings. The van der Waals surface area contributed by atoms with Gasteiger partial charge in [0, 0.05) is 24.0 Å². The summed E-state index contributed by atoms with van der Waals surface area (Å²) >= 11 is 0. The summed E-state index contributed by atoms with van der Waals surface area (Å²) in [7, 11) is 0. The number of rotatable bonds is 1. The molecule has 0 unspecified atom stereocenters. The summed E-state index contributed by atoms with van der Waals surface area (Å²) in [6, 6.07) is 4.14. The van der Waals surface area contributed by atoms with Crippen LogP contribution in [-0.2, 0) is 6.42 Å². The summed E-state index contributed by atoms with van der Waals surface area (Å²) in [5, 5.41) is 8.01. The standard InChI is InChI=1S/C24H19F5N6/c1-13-32-33-22-31-21(19-18(35(13)22)7-6-15(25)20(19)26)34-12-4-5-14-16(30-11-9-17(14)34)8-10-23(2,3)24(27,28)29/h6-7,9,11H,4-5,12H2,1-3H3. The quantitative estimate of drug-likeness (QED) is 0.271. The Bertz CT molecular complexity index is 1540. The monoisotopic (exact) mass is 486 g/mol. The Morgan fingerprint density at radius 1 is 1.06 bits per heavy atom. The van der Waals surface area contributed by atoms with Gasteiger partial charge in [-0.15, -0.1) is 10.2 Å². The van der Waals surface area contributed by atoms with Gasteiger partial charge < -0.3 is 4.90 Å². The lowest BCUT2D eigenvalue weighted by atomic mass is 9.92. The minimum Gasteiger partial charge on any atom is -0.325 e. The zero-order chi connectivity index (χ0) is 25.1. The molecule has 180 valence electrons. The average Bonchev–Trinajstić information content (AvgIpc) is 3.19. The van der Waals surface area contributed by atoms with Gasteiger partial charge in [-0.25, -0.2) is 13.8 Å². The summed E-state index contributed by atoms with van der Waals surface area (Å²) in [6.07, 6.45) is -1.98. The third-order valence-corrected chi connectivity index (χ3v) is 6.14. The molecule has 5 rings (SSSR count). The lowest BCUT2D eigenvalue weighted by molar-refractivity contribution is -0.190. The molecular weight excluding hydrogens is 467 g/mol. The SMILES string of the molecule is Cc1nnc2nc(N3CCCc4c3ccnc4C#CC(C)(C)C(F)(F)F)c3c(F)c(F)ccc3n12. The van der Waals surface area contributed by atoms with E-state index in [0.29, 0.717) is 42.0 Å². The van der Waals surface area contributed by atoms with E-state index < -0.39 is 23.2 Å². The smallest absolute Gasteiger partial charge is 0.325 e. The Morgan fingerprint density at radius 2 is 1.83 bits per heavy atom. The molecule has 3 aromatic heterocycles. The molecule has 0 amide bonds. The Morgan fingerprint density at radius 3 is 2.57 bits per heavy atom. The average molecular weight is 486 g/mol. The molecule has 0 atom stereocenters. The molecule has 0 saturated heterocycles. The van der Waals surface area contributed by atoms with Crippen molar-refractivity contribution in [3.63, 3.8) is 0 Å². The highest BCUT2D eigenvalue weighted by Gasteiger charge is 2.46. The third-order valence-electron chi connectivity index (χ3n) is 6.14. The van der Waals surface area contributed by atoms with Crippen LogP contribution >= 0.6 is 0 Å². The number of nitrogens with zero attached hydrogens (tertiary/aromatic N) is 6. The van der Waals surface area contributed by atoms with Crippen LogP contribution in [0.15, 0.2) is 24.4 Å².